The molecule has 1 fully saturated rings. The Labute approximate surface area is 213 Å². The van der Waals surface area contributed by atoms with E-state index in [1.165, 1.54) is 12.3 Å². The number of aliphatic hydroxyl groups excluding tert-OH is 1. The van der Waals surface area contributed by atoms with Crippen molar-refractivity contribution in [2.24, 2.45) is 5.92 Å². The number of aromatic nitrogens is 1. The Morgan fingerprint density at radius 2 is 1.94 bits per heavy atom. The Balaban J connectivity index is 1.94. The maximum absolute atomic E-state index is 14.7. The normalized spacial score (nSPS) is 15.1. The van der Waals surface area contributed by atoms with E-state index >= 15 is 0 Å². The zero-order valence-corrected chi connectivity index (χ0v) is 20.8. The van der Waals surface area contributed by atoms with Crippen molar-refractivity contribution >= 4 is 28.7 Å². The minimum Gasteiger partial charge on any atom is -0.494 e. The van der Waals surface area contributed by atoms with Crippen molar-refractivity contribution in [2.75, 3.05) is 13.2 Å². The van der Waals surface area contributed by atoms with Gasteiger partial charge in [-0.3, -0.25) is 4.79 Å². The van der Waals surface area contributed by atoms with Gasteiger partial charge in [0, 0.05) is 12.5 Å². The van der Waals surface area contributed by atoms with E-state index in [2.05, 4.69) is 0 Å². The third-order valence-electron chi connectivity index (χ3n) is 6.83. The minimum absolute atomic E-state index is 0.0102. The molecule has 0 unspecified atom stereocenters. The maximum Gasteiger partial charge on any atom is 0.511 e. The van der Waals surface area contributed by atoms with Crippen LogP contribution in [0.5, 0.6) is 11.5 Å². The van der Waals surface area contributed by atoms with E-state index in [0.717, 1.165) is 32.1 Å². The summed E-state index contributed by atoms with van der Waals surface area (Å²) in [6.45, 7) is 1.98. The Morgan fingerprint density at radius 1 is 1.19 bits per heavy atom. The van der Waals surface area contributed by atoms with Gasteiger partial charge >= 0.3 is 6.16 Å². The molecule has 1 aliphatic carbocycles. The predicted octanol–water partition coefficient (Wildman–Crippen LogP) is 5.95. The summed E-state index contributed by atoms with van der Waals surface area (Å²) < 4.78 is 27.1. The first-order valence-electron chi connectivity index (χ1n) is 12.1. The van der Waals surface area contributed by atoms with Crippen LogP contribution in [0.3, 0.4) is 0 Å². The molecule has 0 aliphatic heterocycles. The molecule has 2 N–H and O–H groups in total. The second-order valence-electron chi connectivity index (χ2n) is 9.05. The van der Waals surface area contributed by atoms with E-state index in [-0.39, 0.29) is 41.1 Å². The van der Waals surface area contributed by atoms with Crippen molar-refractivity contribution in [2.45, 2.75) is 51.5 Å². The molecule has 192 valence electrons. The third kappa shape index (κ3) is 5.34. The monoisotopic (exact) mass is 517 g/mol. The zero-order chi connectivity index (χ0) is 25.8. The largest absolute Gasteiger partial charge is 0.511 e. The lowest BCUT2D eigenvalue weighted by Gasteiger charge is -2.32. The fourth-order valence-corrected chi connectivity index (χ4v) is 5.33. The van der Waals surface area contributed by atoms with E-state index in [9.17, 15) is 24.2 Å². The van der Waals surface area contributed by atoms with Crippen molar-refractivity contribution < 1.29 is 28.9 Å². The van der Waals surface area contributed by atoms with Gasteiger partial charge < -0.3 is 24.3 Å². The number of hydrogen-bond donors (Lipinski definition) is 2. The highest BCUT2D eigenvalue weighted by molar-refractivity contribution is 6.30. The van der Waals surface area contributed by atoms with Gasteiger partial charge in [0.15, 0.2) is 5.75 Å². The minimum atomic E-state index is -1.61. The van der Waals surface area contributed by atoms with E-state index in [4.69, 9.17) is 21.1 Å². The quantitative estimate of drug-likeness (QED) is 0.358. The van der Waals surface area contributed by atoms with Gasteiger partial charge in [0.25, 0.3) is 0 Å². The molecule has 7 nitrogen and oxygen atoms in total. The van der Waals surface area contributed by atoms with Gasteiger partial charge in [-0.1, -0.05) is 43.0 Å². The molecule has 9 heteroatoms. The molecule has 1 atom stereocenters. The van der Waals surface area contributed by atoms with Crippen LogP contribution in [0.4, 0.5) is 9.18 Å². The summed E-state index contributed by atoms with van der Waals surface area (Å²) in [5.74, 6) is -0.291. The van der Waals surface area contributed by atoms with Gasteiger partial charge in [-0.2, -0.15) is 0 Å². The molecule has 0 bridgehead atoms. The first kappa shape index (κ1) is 26.0. The number of carboxylic acid groups (broad SMARTS) is 1. The van der Waals surface area contributed by atoms with Gasteiger partial charge in [0.2, 0.25) is 5.43 Å². The molecule has 0 radical (unpaired) electrons. The summed E-state index contributed by atoms with van der Waals surface area (Å²) in [4.78, 5) is 24.6. The molecule has 2 aromatic carbocycles. The molecular formula is C27H29ClFNO6. The molecule has 1 heterocycles. The highest BCUT2D eigenvalue weighted by Crippen LogP contribution is 2.37. The van der Waals surface area contributed by atoms with Crippen LogP contribution in [0.25, 0.3) is 10.9 Å². The molecule has 0 amide bonds. The van der Waals surface area contributed by atoms with Crippen LogP contribution in [-0.4, -0.2) is 34.1 Å². The van der Waals surface area contributed by atoms with E-state index < -0.39 is 17.4 Å². The van der Waals surface area contributed by atoms with Crippen LogP contribution in [0.2, 0.25) is 5.02 Å². The molecular weight excluding hydrogens is 489 g/mol. The Bertz CT molecular complexity index is 1320. The summed E-state index contributed by atoms with van der Waals surface area (Å²) in [5.41, 5.74) is 0.748. The Hall–Kier alpha value is -3.10. The molecule has 0 saturated heterocycles. The van der Waals surface area contributed by atoms with E-state index in [0.29, 0.717) is 29.0 Å². The molecule has 1 saturated carbocycles. The number of fused-ring (bicyclic) bond motifs is 1. The van der Waals surface area contributed by atoms with Crippen molar-refractivity contribution in [1.29, 1.82) is 0 Å². The van der Waals surface area contributed by atoms with Gasteiger partial charge in [0.1, 0.15) is 11.6 Å². The molecule has 4 rings (SSSR count). The lowest BCUT2D eigenvalue weighted by molar-refractivity contribution is 0.141. The smallest absolute Gasteiger partial charge is 0.494 e. The lowest BCUT2D eigenvalue weighted by Crippen LogP contribution is -2.27. The number of hydrogen-bond acceptors (Lipinski definition) is 5. The standard InChI is InChI=1S/C27H29ClFNO6/c1-2-35-23-13-21-19(12-18(23)11-17-9-6-10-20(28)25(17)29)26(32)24(36-27(33)34)14-30(21)22(15-31)16-7-4-3-5-8-16/h6,9-10,12-14,16,22,31H,2-5,7-8,11,15H2,1H3,(H,33,34)/t22-/m1/s1. The number of halogens is 2. The van der Waals surface area contributed by atoms with Crippen LogP contribution in [0.15, 0.2) is 41.3 Å². The highest BCUT2D eigenvalue weighted by Gasteiger charge is 2.27. The summed E-state index contributed by atoms with van der Waals surface area (Å²) >= 11 is 5.96. The Kier molecular flexibility index (Phi) is 8.16. The van der Waals surface area contributed by atoms with Crippen LogP contribution in [0, 0.1) is 11.7 Å². The number of pyridine rings is 1. The van der Waals surface area contributed by atoms with Crippen molar-refractivity contribution in [1.82, 2.24) is 4.57 Å². The van der Waals surface area contributed by atoms with Crippen LogP contribution < -0.4 is 14.9 Å². The van der Waals surface area contributed by atoms with Crippen molar-refractivity contribution in [3.63, 3.8) is 0 Å². The first-order chi connectivity index (χ1) is 17.3. The summed E-state index contributed by atoms with van der Waals surface area (Å²) in [7, 11) is 0. The second-order valence-corrected chi connectivity index (χ2v) is 9.45. The average molecular weight is 518 g/mol. The lowest BCUT2D eigenvalue weighted by atomic mass is 9.83. The number of ether oxygens (including phenoxy) is 2. The predicted molar refractivity (Wildman–Crippen MR) is 135 cm³/mol. The maximum atomic E-state index is 14.7. The number of nitrogens with zero attached hydrogens (tertiary/aromatic N) is 1. The molecule has 36 heavy (non-hydrogen) atoms. The fraction of sp³-hybridized carbons (Fsp3) is 0.407. The van der Waals surface area contributed by atoms with E-state index in [1.807, 2.05) is 6.92 Å². The molecule has 1 aromatic heterocycles. The number of rotatable bonds is 8. The van der Waals surface area contributed by atoms with Crippen molar-refractivity contribution in [3.8, 4) is 11.5 Å². The highest BCUT2D eigenvalue weighted by atomic mass is 35.5. The summed E-state index contributed by atoms with van der Waals surface area (Å²) in [6.07, 6.45) is 4.90. The van der Waals surface area contributed by atoms with Gasteiger partial charge in [-0.05, 0) is 48.9 Å². The SMILES string of the molecule is CCOc1cc2c(cc1Cc1cccc(Cl)c1F)c(=O)c(OC(=O)O)cn2[C@H](CO)C1CCCCC1. The summed E-state index contributed by atoms with van der Waals surface area (Å²) in [5, 5.41) is 19.8. The Morgan fingerprint density at radius 3 is 2.61 bits per heavy atom. The zero-order valence-electron chi connectivity index (χ0n) is 20.0. The number of aliphatic hydroxyl groups is 1. The number of benzene rings is 2. The molecule has 0 spiro atoms. The topological polar surface area (TPSA) is 98.0 Å². The summed E-state index contributed by atoms with van der Waals surface area (Å²) in [6, 6.07) is 7.62. The van der Waals surface area contributed by atoms with Gasteiger partial charge in [0.05, 0.1) is 41.4 Å². The first-order valence-corrected chi connectivity index (χ1v) is 12.5. The fourth-order valence-electron chi connectivity index (χ4n) is 5.14. The van der Waals surface area contributed by atoms with Crippen LogP contribution >= 0.6 is 11.6 Å². The van der Waals surface area contributed by atoms with Gasteiger partial charge in [-0.15, -0.1) is 0 Å². The van der Waals surface area contributed by atoms with Gasteiger partial charge in [-0.25, -0.2) is 9.18 Å². The average Bonchev–Trinajstić information content (AvgIpc) is 2.86. The van der Waals surface area contributed by atoms with Crippen molar-refractivity contribution in [3.05, 3.63) is 68.7 Å². The van der Waals surface area contributed by atoms with E-state index in [1.54, 1.807) is 28.8 Å². The molecule has 3 aromatic rings. The van der Waals surface area contributed by atoms with Crippen LogP contribution in [0.1, 0.15) is 56.2 Å². The van der Waals surface area contributed by atoms with Crippen LogP contribution in [-0.2, 0) is 6.42 Å². The molecule has 1 aliphatic rings. The second kappa shape index (κ2) is 11.3. The third-order valence-corrected chi connectivity index (χ3v) is 7.12. The number of carbonyl (C=O) groups is 1.